The van der Waals surface area contributed by atoms with Gasteiger partial charge in [-0.1, -0.05) is 107 Å². The van der Waals surface area contributed by atoms with Crippen molar-refractivity contribution in [1.82, 2.24) is 0 Å². The maximum Gasteiger partial charge on any atom is 0.328 e. The van der Waals surface area contributed by atoms with E-state index in [1.807, 2.05) is 24.3 Å². The predicted molar refractivity (Wildman–Crippen MR) is 116 cm³/mol. The molecule has 27 heavy (non-hydrogen) atoms. The molecule has 0 rings (SSSR count). The van der Waals surface area contributed by atoms with Gasteiger partial charge in [0.1, 0.15) is 0 Å². The van der Waals surface area contributed by atoms with Crippen molar-refractivity contribution in [2.45, 2.75) is 83.7 Å². The zero-order chi connectivity index (χ0) is 20.0. The van der Waals surface area contributed by atoms with Crippen LogP contribution in [-0.2, 0) is 4.79 Å². The summed E-state index contributed by atoms with van der Waals surface area (Å²) in [4.78, 5) is 10.2. The highest BCUT2D eigenvalue weighted by atomic mass is 16.4. The molecular formula is C24H38O3. The molecule has 1 unspecified atom stereocenters. The first-order valence-electron chi connectivity index (χ1n) is 10.4. The Morgan fingerprint density at radius 2 is 1.26 bits per heavy atom. The fourth-order valence-corrected chi connectivity index (χ4v) is 2.64. The average Bonchev–Trinajstić information content (AvgIpc) is 2.64. The summed E-state index contributed by atoms with van der Waals surface area (Å²) in [6.07, 6.45) is 30.7. The third-order valence-corrected chi connectivity index (χ3v) is 4.20. The lowest BCUT2D eigenvalue weighted by Gasteiger charge is -2.09. The Balaban J connectivity index is 3.48. The van der Waals surface area contributed by atoms with Gasteiger partial charge in [-0.15, -0.1) is 0 Å². The van der Waals surface area contributed by atoms with Crippen LogP contribution in [0.5, 0.6) is 0 Å². The molecule has 0 aromatic heterocycles. The minimum atomic E-state index is -0.940. The normalized spacial score (nSPS) is 13.9. The zero-order valence-corrected chi connectivity index (χ0v) is 16.9. The highest BCUT2D eigenvalue weighted by molar-refractivity contribution is 5.80. The second-order valence-electron chi connectivity index (χ2n) is 6.77. The first-order valence-corrected chi connectivity index (χ1v) is 10.4. The van der Waals surface area contributed by atoms with E-state index in [4.69, 9.17) is 5.11 Å². The molecule has 0 amide bonds. The largest absolute Gasteiger partial charge is 0.478 e. The highest BCUT2D eigenvalue weighted by Crippen LogP contribution is 2.12. The van der Waals surface area contributed by atoms with Crippen LogP contribution < -0.4 is 0 Å². The summed E-state index contributed by atoms with van der Waals surface area (Å²) in [5.74, 6) is -0.940. The molecule has 0 saturated heterocycles. The molecule has 0 aliphatic rings. The van der Waals surface area contributed by atoms with Crippen molar-refractivity contribution in [3.63, 3.8) is 0 Å². The van der Waals surface area contributed by atoms with Crippen molar-refractivity contribution in [2.75, 3.05) is 0 Å². The van der Waals surface area contributed by atoms with Crippen LogP contribution in [0.15, 0.2) is 60.8 Å². The van der Waals surface area contributed by atoms with Crippen LogP contribution in [-0.4, -0.2) is 22.3 Å². The molecule has 152 valence electrons. The molecule has 0 aliphatic heterocycles. The van der Waals surface area contributed by atoms with Crippen molar-refractivity contribution in [1.29, 1.82) is 0 Å². The van der Waals surface area contributed by atoms with Gasteiger partial charge in [-0.25, -0.2) is 4.79 Å². The van der Waals surface area contributed by atoms with E-state index in [1.54, 1.807) is 12.2 Å². The molecule has 0 bridgehead atoms. The number of aliphatic hydroxyl groups is 1. The van der Waals surface area contributed by atoms with Gasteiger partial charge in [-0.05, 0) is 25.7 Å². The molecule has 0 spiro atoms. The second kappa shape index (κ2) is 20.4. The van der Waals surface area contributed by atoms with Crippen LogP contribution in [0.25, 0.3) is 0 Å². The molecular weight excluding hydrogens is 336 g/mol. The lowest BCUT2D eigenvalue weighted by atomic mass is 10.0. The van der Waals surface area contributed by atoms with E-state index >= 15 is 0 Å². The Bertz CT molecular complexity index is 484. The molecule has 1 atom stereocenters. The summed E-state index contributed by atoms with van der Waals surface area (Å²) in [6.45, 7) is 2.19. The van der Waals surface area contributed by atoms with Crippen molar-refractivity contribution in [3.05, 3.63) is 60.8 Å². The van der Waals surface area contributed by atoms with Crippen LogP contribution in [0.1, 0.15) is 77.6 Å². The van der Waals surface area contributed by atoms with Gasteiger partial charge in [-0.3, -0.25) is 0 Å². The Morgan fingerprint density at radius 1 is 0.741 bits per heavy atom. The number of hydrogen-bond donors (Lipinski definition) is 2. The standard InChI is InChI=1S/C24H38O3/c1-2-3-17-20-23(25)21-18-15-13-11-9-7-5-4-6-8-10-12-14-16-19-22-24(26)27/h4-6,8,10,12,14,16,19,22-23,25H,2-3,7,9,11,13,15,17-18,20-21H2,1H3,(H,26,27). The number of unbranched alkanes of at least 4 members (excludes halogenated alkanes) is 7. The fraction of sp³-hybridized carbons (Fsp3) is 0.542. The molecule has 0 heterocycles. The molecule has 3 nitrogen and oxygen atoms in total. The summed E-state index contributed by atoms with van der Waals surface area (Å²) >= 11 is 0. The van der Waals surface area contributed by atoms with Crippen LogP contribution >= 0.6 is 0 Å². The van der Waals surface area contributed by atoms with Gasteiger partial charge in [0.25, 0.3) is 0 Å². The number of allylic oxidation sites excluding steroid dienone is 9. The van der Waals surface area contributed by atoms with Gasteiger partial charge >= 0.3 is 5.97 Å². The summed E-state index contributed by atoms with van der Waals surface area (Å²) in [5.41, 5.74) is 0. The highest BCUT2D eigenvalue weighted by Gasteiger charge is 2.02. The SMILES string of the molecule is CCCCCC(O)CCCCCCCC=CC=CC=CC=CC=CC(=O)O. The third kappa shape index (κ3) is 22.1. The van der Waals surface area contributed by atoms with Crippen molar-refractivity contribution in [2.24, 2.45) is 0 Å². The molecule has 2 N–H and O–H groups in total. The number of rotatable bonds is 17. The van der Waals surface area contributed by atoms with Gasteiger partial charge in [0, 0.05) is 6.08 Å². The minimum absolute atomic E-state index is 0.0861. The monoisotopic (exact) mass is 374 g/mol. The van der Waals surface area contributed by atoms with Crippen LogP contribution in [0, 0.1) is 0 Å². The molecule has 0 radical (unpaired) electrons. The molecule has 0 aromatic rings. The molecule has 0 aliphatic carbocycles. The van der Waals surface area contributed by atoms with Gasteiger partial charge in [0.15, 0.2) is 0 Å². The topological polar surface area (TPSA) is 57.5 Å². The molecule has 3 heteroatoms. The fourth-order valence-electron chi connectivity index (χ4n) is 2.64. The Hall–Kier alpha value is -1.87. The van der Waals surface area contributed by atoms with Crippen molar-refractivity contribution >= 4 is 5.97 Å². The molecule has 0 aromatic carbocycles. The Morgan fingerprint density at radius 3 is 1.89 bits per heavy atom. The Kier molecular flexibility index (Phi) is 19.0. The van der Waals surface area contributed by atoms with Gasteiger partial charge in [0.2, 0.25) is 0 Å². The van der Waals surface area contributed by atoms with Crippen molar-refractivity contribution < 1.29 is 15.0 Å². The maximum absolute atomic E-state index is 10.2. The number of aliphatic carboxylic acids is 1. The van der Waals surface area contributed by atoms with Crippen molar-refractivity contribution in [3.8, 4) is 0 Å². The van der Waals surface area contributed by atoms with E-state index in [1.165, 1.54) is 44.6 Å². The smallest absolute Gasteiger partial charge is 0.328 e. The van der Waals surface area contributed by atoms with E-state index in [2.05, 4.69) is 19.1 Å². The summed E-state index contributed by atoms with van der Waals surface area (Å²) < 4.78 is 0. The van der Waals surface area contributed by atoms with E-state index in [0.717, 1.165) is 38.2 Å². The second-order valence-corrected chi connectivity index (χ2v) is 6.77. The number of aliphatic hydroxyl groups excluding tert-OH is 1. The van der Waals surface area contributed by atoms with Crippen LogP contribution in [0.2, 0.25) is 0 Å². The van der Waals surface area contributed by atoms with E-state index < -0.39 is 5.97 Å². The summed E-state index contributed by atoms with van der Waals surface area (Å²) in [6, 6.07) is 0. The van der Waals surface area contributed by atoms with Gasteiger partial charge in [0.05, 0.1) is 6.10 Å². The molecule has 0 saturated carbocycles. The number of carboxylic acid groups (broad SMARTS) is 1. The third-order valence-electron chi connectivity index (χ3n) is 4.20. The van der Waals surface area contributed by atoms with Crippen LogP contribution in [0.3, 0.4) is 0 Å². The van der Waals surface area contributed by atoms with E-state index in [0.29, 0.717) is 0 Å². The Labute approximate surface area is 165 Å². The lowest BCUT2D eigenvalue weighted by Crippen LogP contribution is -2.05. The van der Waals surface area contributed by atoms with Crippen LogP contribution in [0.4, 0.5) is 0 Å². The molecule has 0 fully saturated rings. The average molecular weight is 375 g/mol. The van der Waals surface area contributed by atoms with E-state index in [9.17, 15) is 9.90 Å². The predicted octanol–water partition coefficient (Wildman–Crippen LogP) is 6.52. The number of carbonyl (C=O) groups is 1. The zero-order valence-electron chi connectivity index (χ0n) is 16.9. The quantitative estimate of drug-likeness (QED) is 0.173. The van der Waals surface area contributed by atoms with E-state index in [-0.39, 0.29) is 6.10 Å². The number of hydrogen-bond acceptors (Lipinski definition) is 2. The number of carboxylic acids is 1. The van der Waals surface area contributed by atoms with Gasteiger partial charge < -0.3 is 10.2 Å². The minimum Gasteiger partial charge on any atom is -0.478 e. The first-order chi connectivity index (χ1) is 13.2. The van der Waals surface area contributed by atoms with Gasteiger partial charge in [-0.2, -0.15) is 0 Å². The summed E-state index contributed by atoms with van der Waals surface area (Å²) in [5, 5.41) is 18.3. The summed E-state index contributed by atoms with van der Waals surface area (Å²) in [7, 11) is 0. The lowest BCUT2D eigenvalue weighted by molar-refractivity contribution is -0.131. The first kappa shape index (κ1) is 25.1. The maximum atomic E-state index is 10.2.